The number of ether oxygens (including phenoxy) is 1. The molecule has 1 amide bonds. The molecule has 1 aliphatic rings. The van der Waals surface area contributed by atoms with Gasteiger partial charge in [0.15, 0.2) is 0 Å². The van der Waals surface area contributed by atoms with Crippen LogP contribution >= 0.6 is 0 Å². The summed E-state index contributed by atoms with van der Waals surface area (Å²) in [5.74, 6) is 1.99. The van der Waals surface area contributed by atoms with Crippen LogP contribution in [0.5, 0.6) is 5.75 Å². The van der Waals surface area contributed by atoms with Crippen molar-refractivity contribution in [3.05, 3.63) is 64.2 Å². The van der Waals surface area contributed by atoms with Crippen LogP contribution in [-0.2, 0) is 17.8 Å². The van der Waals surface area contributed by atoms with Crippen molar-refractivity contribution in [1.82, 2.24) is 30.0 Å². The van der Waals surface area contributed by atoms with Crippen LogP contribution in [0.3, 0.4) is 0 Å². The molecule has 0 radical (unpaired) electrons. The third-order valence-electron chi connectivity index (χ3n) is 6.80. The summed E-state index contributed by atoms with van der Waals surface area (Å²) in [6.07, 6.45) is 2.51. The zero-order valence-corrected chi connectivity index (χ0v) is 21.5. The van der Waals surface area contributed by atoms with Gasteiger partial charge in [-0.3, -0.25) is 9.69 Å². The fraction of sp³-hybridized carbons (Fsp3) is 0.481. The van der Waals surface area contributed by atoms with Crippen LogP contribution in [0, 0.1) is 33.6 Å². The van der Waals surface area contributed by atoms with E-state index in [-0.39, 0.29) is 5.91 Å². The van der Waals surface area contributed by atoms with Gasteiger partial charge in [0.2, 0.25) is 5.91 Å². The van der Waals surface area contributed by atoms with Crippen LogP contribution in [0.2, 0.25) is 0 Å². The summed E-state index contributed by atoms with van der Waals surface area (Å²) in [4.78, 5) is 24.3. The molecule has 0 aliphatic carbocycles. The minimum absolute atomic E-state index is 0.0396. The lowest BCUT2D eigenvalue weighted by Gasteiger charge is -2.32. The maximum atomic E-state index is 12.8. The summed E-state index contributed by atoms with van der Waals surface area (Å²) in [6.45, 7) is 11.6. The number of methoxy groups -OCH3 is 1. The minimum Gasteiger partial charge on any atom is -0.497 e. The van der Waals surface area contributed by atoms with E-state index in [9.17, 15) is 4.79 Å². The van der Waals surface area contributed by atoms with Gasteiger partial charge in [-0.05, 0) is 83.3 Å². The van der Waals surface area contributed by atoms with Gasteiger partial charge in [0.1, 0.15) is 5.75 Å². The second kappa shape index (κ2) is 11.0. The van der Waals surface area contributed by atoms with Gasteiger partial charge < -0.3 is 10.1 Å². The molecule has 8 heteroatoms. The van der Waals surface area contributed by atoms with E-state index in [2.05, 4.69) is 37.4 Å². The topological polar surface area (TPSA) is 85.2 Å². The number of nitrogens with zero attached hydrogens (tertiary/aromatic N) is 5. The van der Waals surface area contributed by atoms with Gasteiger partial charge in [0.25, 0.3) is 5.95 Å². The summed E-state index contributed by atoms with van der Waals surface area (Å²) in [5.41, 5.74) is 5.79. The van der Waals surface area contributed by atoms with Gasteiger partial charge in [-0.1, -0.05) is 12.1 Å². The van der Waals surface area contributed by atoms with Crippen molar-refractivity contribution in [3.8, 4) is 11.7 Å². The number of aryl methyl sites for hydroxylation is 3. The lowest BCUT2D eigenvalue weighted by atomic mass is 9.96. The molecule has 3 aromatic rings. The van der Waals surface area contributed by atoms with Crippen molar-refractivity contribution < 1.29 is 9.53 Å². The van der Waals surface area contributed by atoms with Crippen LogP contribution in [-0.4, -0.2) is 57.3 Å². The number of nitrogens with one attached hydrogen (secondary N) is 1. The van der Waals surface area contributed by atoms with Gasteiger partial charge in [-0.15, -0.1) is 0 Å². The molecule has 8 nitrogen and oxygen atoms in total. The summed E-state index contributed by atoms with van der Waals surface area (Å²) >= 11 is 0. The highest BCUT2D eigenvalue weighted by Crippen LogP contribution is 2.21. The molecular formula is C27H36N6O2. The van der Waals surface area contributed by atoms with E-state index in [1.165, 1.54) is 5.56 Å². The Kier molecular flexibility index (Phi) is 7.80. The van der Waals surface area contributed by atoms with E-state index in [0.717, 1.165) is 73.1 Å². The van der Waals surface area contributed by atoms with Crippen LogP contribution in [0.4, 0.5) is 0 Å². The van der Waals surface area contributed by atoms with Crippen LogP contribution in [0.1, 0.15) is 46.7 Å². The number of rotatable bonds is 8. The number of aromatic nitrogens is 4. The number of hydrogen-bond acceptors (Lipinski definition) is 6. The largest absolute Gasteiger partial charge is 0.497 e. The molecule has 1 aromatic carbocycles. The van der Waals surface area contributed by atoms with Gasteiger partial charge in [-0.25, -0.2) is 14.6 Å². The van der Waals surface area contributed by atoms with Crippen LogP contribution in [0.15, 0.2) is 30.3 Å². The third-order valence-corrected chi connectivity index (χ3v) is 6.80. The molecule has 1 fully saturated rings. The van der Waals surface area contributed by atoms with E-state index < -0.39 is 0 Å². The second-order valence-corrected chi connectivity index (χ2v) is 9.56. The fourth-order valence-electron chi connectivity index (χ4n) is 4.75. The Labute approximate surface area is 207 Å². The minimum atomic E-state index is 0.0396. The van der Waals surface area contributed by atoms with Crippen molar-refractivity contribution in [2.75, 3.05) is 26.7 Å². The Morgan fingerprint density at radius 3 is 2.34 bits per heavy atom. The fourth-order valence-corrected chi connectivity index (χ4v) is 4.75. The van der Waals surface area contributed by atoms with Gasteiger partial charge in [-0.2, -0.15) is 5.10 Å². The zero-order valence-electron chi connectivity index (χ0n) is 21.5. The summed E-state index contributed by atoms with van der Waals surface area (Å²) < 4.78 is 6.99. The Balaban J connectivity index is 1.26. The second-order valence-electron chi connectivity index (χ2n) is 9.56. The SMILES string of the molecule is COc1ccc(CN2CCC(CNC(=O)Cc3c(C)nn(-c4nc(C)cc(C)n4)c3C)CC2)cc1. The molecule has 1 aliphatic heterocycles. The first kappa shape index (κ1) is 24.9. The standard InChI is InChI=1S/C27H36N6O2/c1-18-14-19(2)30-27(29-18)33-21(4)25(20(3)31-33)15-26(34)28-16-22-10-12-32(13-11-22)17-23-6-8-24(35-5)9-7-23/h6-9,14,22H,10-13,15-17H2,1-5H3,(H,28,34). The Bertz CT molecular complexity index is 1140. The van der Waals surface area contributed by atoms with Crippen molar-refractivity contribution in [2.24, 2.45) is 5.92 Å². The van der Waals surface area contributed by atoms with E-state index in [1.54, 1.807) is 11.8 Å². The molecule has 3 heterocycles. The van der Waals surface area contributed by atoms with E-state index >= 15 is 0 Å². The highest BCUT2D eigenvalue weighted by molar-refractivity contribution is 5.79. The Hall–Kier alpha value is -3.26. The number of amides is 1. The van der Waals surface area contributed by atoms with Gasteiger partial charge in [0.05, 0.1) is 19.2 Å². The van der Waals surface area contributed by atoms with E-state index in [1.807, 2.05) is 45.9 Å². The summed E-state index contributed by atoms with van der Waals surface area (Å²) in [7, 11) is 1.69. The normalized spacial score (nSPS) is 14.8. The predicted molar refractivity (Wildman–Crippen MR) is 136 cm³/mol. The maximum absolute atomic E-state index is 12.8. The average Bonchev–Trinajstić information content (AvgIpc) is 3.12. The first-order chi connectivity index (χ1) is 16.8. The van der Waals surface area contributed by atoms with Gasteiger partial charge >= 0.3 is 0 Å². The number of piperidine rings is 1. The third kappa shape index (κ3) is 6.25. The molecule has 0 saturated carbocycles. The maximum Gasteiger partial charge on any atom is 0.251 e. The smallest absolute Gasteiger partial charge is 0.251 e. The number of likely N-dealkylation sites (tertiary alicyclic amines) is 1. The summed E-state index contributed by atoms with van der Waals surface area (Å²) in [6, 6.07) is 10.2. The number of carbonyl (C=O) groups excluding carboxylic acids is 1. The molecule has 0 atom stereocenters. The molecule has 0 spiro atoms. The number of benzene rings is 1. The van der Waals surface area contributed by atoms with E-state index in [0.29, 0.717) is 18.3 Å². The van der Waals surface area contributed by atoms with Crippen LogP contribution < -0.4 is 10.1 Å². The van der Waals surface area contributed by atoms with Crippen molar-refractivity contribution in [3.63, 3.8) is 0 Å². The molecule has 4 rings (SSSR count). The summed E-state index contributed by atoms with van der Waals surface area (Å²) in [5, 5.41) is 7.78. The van der Waals surface area contributed by atoms with E-state index in [4.69, 9.17) is 4.74 Å². The zero-order chi connectivity index (χ0) is 24.9. The Morgan fingerprint density at radius 1 is 1.06 bits per heavy atom. The van der Waals surface area contributed by atoms with Crippen molar-refractivity contribution in [1.29, 1.82) is 0 Å². The number of hydrogen-bond donors (Lipinski definition) is 1. The lowest BCUT2D eigenvalue weighted by molar-refractivity contribution is -0.120. The predicted octanol–water partition coefficient (Wildman–Crippen LogP) is 3.48. The Morgan fingerprint density at radius 2 is 1.71 bits per heavy atom. The monoisotopic (exact) mass is 476 g/mol. The highest BCUT2D eigenvalue weighted by atomic mass is 16.5. The van der Waals surface area contributed by atoms with Gasteiger partial charge in [0, 0.05) is 35.7 Å². The van der Waals surface area contributed by atoms with Crippen molar-refractivity contribution >= 4 is 5.91 Å². The first-order valence-corrected chi connectivity index (χ1v) is 12.3. The highest BCUT2D eigenvalue weighted by Gasteiger charge is 2.21. The molecule has 35 heavy (non-hydrogen) atoms. The molecule has 2 aromatic heterocycles. The molecule has 186 valence electrons. The molecule has 1 N–H and O–H groups in total. The van der Waals surface area contributed by atoms with Crippen molar-refractivity contribution in [2.45, 2.75) is 53.5 Å². The molecule has 0 bridgehead atoms. The van der Waals surface area contributed by atoms with Crippen LogP contribution in [0.25, 0.3) is 5.95 Å². The molecular weight excluding hydrogens is 440 g/mol. The lowest BCUT2D eigenvalue weighted by Crippen LogP contribution is -2.38. The quantitative estimate of drug-likeness (QED) is 0.536. The number of carbonyl (C=O) groups is 1. The molecule has 0 unspecified atom stereocenters. The first-order valence-electron chi connectivity index (χ1n) is 12.3. The molecule has 1 saturated heterocycles. The average molecular weight is 477 g/mol.